The average Bonchev–Trinajstić information content (AvgIpc) is 2.96. The normalized spacial score (nSPS) is 22.0. The fraction of sp³-hybridized carbons (Fsp3) is 0.643. The predicted octanol–water partition coefficient (Wildman–Crippen LogP) is 1.24. The maximum atomic E-state index is 12.1. The predicted molar refractivity (Wildman–Crippen MR) is 76.9 cm³/mol. The van der Waals surface area contributed by atoms with Gasteiger partial charge in [-0.1, -0.05) is 0 Å². The van der Waals surface area contributed by atoms with E-state index in [0.717, 1.165) is 25.1 Å². The molecule has 3 N–H and O–H groups in total. The first-order valence-corrected chi connectivity index (χ1v) is 7.26. The molecule has 0 bridgehead atoms. The summed E-state index contributed by atoms with van der Waals surface area (Å²) < 4.78 is 0. The Morgan fingerprint density at radius 3 is 3.05 bits per heavy atom. The smallest absolute Gasteiger partial charge is 0.317 e. The summed E-state index contributed by atoms with van der Waals surface area (Å²) in [6.45, 7) is 3.14. The molecule has 116 valence electrons. The molecule has 0 aliphatic carbocycles. The van der Waals surface area contributed by atoms with Crippen molar-refractivity contribution in [3.05, 3.63) is 18.2 Å². The molecule has 1 aliphatic rings. The number of urea groups is 1. The Bertz CT molecular complexity index is 488. The van der Waals surface area contributed by atoms with E-state index in [1.54, 1.807) is 24.2 Å². The van der Waals surface area contributed by atoms with Crippen LogP contribution < -0.4 is 5.32 Å². The summed E-state index contributed by atoms with van der Waals surface area (Å²) in [5, 5.41) is 12.1. The van der Waals surface area contributed by atoms with E-state index in [0.29, 0.717) is 19.5 Å². The molecule has 1 unspecified atom stereocenters. The molecule has 0 spiro atoms. The van der Waals surface area contributed by atoms with Gasteiger partial charge < -0.3 is 20.3 Å². The third-order valence-electron chi connectivity index (χ3n) is 3.92. The molecular weight excluding hydrogens is 272 g/mol. The number of rotatable bonds is 5. The maximum Gasteiger partial charge on any atom is 0.317 e. The molecule has 0 aromatic carbocycles. The highest BCUT2D eigenvalue weighted by Gasteiger charge is 2.39. The van der Waals surface area contributed by atoms with Gasteiger partial charge >= 0.3 is 12.0 Å². The number of nitrogens with one attached hydrogen (secondary N) is 2. The highest BCUT2D eigenvalue weighted by Crippen LogP contribution is 2.29. The summed E-state index contributed by atoms with van der Waals surface area (Å²) >= 11 is 0. The lowest BCUT2D eigenvalue weighted by Gasteiger charge is -2.37. The Balaban J connectivity index is 1.74. The van der Waals surface area contributed by atoms with E-state index in [1.807, 2.05) is 0 Å². The minimum atomic E-state index is -0.835. The fourth-order valence-corrected chi connectivity index (χ4v) is 2.59. The van der Waals surface area contributed by atoms with Gasteiger partial charge in [0.25, 0.3) is 0 Å². The largest absolute Gasteiger partial charge is 0.481 e. The molecule has 2 rings (SSSR count). The lowest BCUT2D eigenvalue weighted by Crippen LogP contribution is -2.51. The number of imidazole rings is 1. The number of piperidine rings is 1. The van der Waals surface area contributed by atoms with E-state index in [1.165, 1.54) is 0 Å². The molecule has 7 heteroatoms. The van der Waals surface area contributed by atoms with Gasteiger partial charge in [-0.15, -0.1) is 0 Å². The van der Waals surface area contributed by atoms with Gasteiger partial charge in [-0.3, -0.25) is 4.79 Å². The fourth-order valence-electron chi connectivity index (χ4n) is 2.59. The van der Waals surface area contributed by atoms with Crippen LogP contribution in [0.3, 0.4) is 0 Å². The number of carboxylic acid groups (broad SMARTS) is 1. The van der Waals surface area contributed by atoms with E-state index in [2.05, 4.69) is 15.3 Å². The number of carboxylic acids is 1. The summed E-state index contributed by atoms with van der Waals surface area (Å²) in [6, 6.07) is -0.179. The van der Waals surface area contributed by atoms with Crippen LogP contribution in [0.1, 0.15) is 32.0 Å². The topological polar surface area (TPSA) is 98.3 Å². The minimum Gasteiger partial charge on any atom is -0.481 e. The highest BCUT2D eigenvalue weighted by molar-refractivity contribution is 5.78. The quantitative estimate of drug-likeness (QED) is 0.711. The van der Waals surface area contributed by atoms with E-state index >= 15 is 0 Å². The van der Waals surface area contributed by atoms with Gasteiger partial charge in [0.2, 0.25) is 0 Å². The molecule has 2 heterocycles. The van der Waals surface area contributed by atoms with Crippen LogP contribution in [0.4, 0.5) is 4.79 Å². The number of nitrogens with zero attached hydrogens (tertiary/aromatic N) is 2. The Hall–Kier alpha value is -2.05. The number of carbonyl (C=O) groups is 2. The lowest BCUT2D eigenvalue weighted by atomic mass is 9.82. The van der Waals surface area contributed by atoms with Crippen LogP contribution in [0.15, 0.2) is 12.4 Å². The Labute approximate surface area is 123 Å². The number of aliphatic carboxylic acids is 1. The van der Waals surface area contributed by atoms with Crippen molar-refractivity contribution in [3.8, 4) is 0 Å². The molecule has 1 fully saturated rings. The van der Waals surface area contributed by atoms with Crippen LogP contribution in [0.25, 0.3) is 0 Å². The Morgan fingerprint density at radius 1 is 1.57 bits per heavy atom. The van der Waals surface area contributed by atoms with Crippen LogP contribution in [-0.4, -0.2) is 51.6 Å². The number of aryl methyl sites for hydroxylation is 1. The van der Waals surface area contributed by atoms with Crippen LogP contribution in [0, 0.1) is 5.41 Å². The molecule has 1 aliphatic heterocycles. The van der Waals surface area contributed by atoms with Gasteiger partial charge in [-0.2, -0.15) is 0 Å². The number of carbonyl (C=O) groups excluding carboxylic acids is 1. The van der Waals surface area contributed by atoms with Gasteiger partial charge in [0.15, 0.2) is 0 Å². The van der Waals surface area contributed by atoms with Crippen molar-refractivity contribution in [3.63, 3.8) is 0 Å². The van der Waals surface area contributed by atoms with Gasteiger partial charge in [0, 0.05) is 38.4 Å². The number of hydrogen-bond donors (Lipinski definition) is 3. The molecule has 1 aromatic heterocycles. The van der Waals surface area contributed by atoms with Crippen LogP contribution in [-0.2, 0) is 11.2 Å². The molecule has 2 amide bonds. The van der Waals surface area contributed by atoms with E-state index in [-0.39, 0.29) is 12.6 Å². The van der Waals surface area contributed by atoms with Crippen molar-refractivity contribution < 1.29 is 14.7 Å². The van der Waals surface area contributed by atoms with Crippen LogP contribution >= 0.6 is 0 Å². The monoisotopic (exact) mass is 294 g/mol. The van der Waals surface area contributed by atoms with Crippen molar-refractivity contribution in [2.75, 3.05) is 19.6 Å². The molecular formula is C14H22N4O3. The second kappa shape index (κ2) is 6.60. The van der Waals surface area contributed by atoms with Crippen molar-refractivity contribution in [1.82, 2.24) is 20.2 Å². The molecule has 1 aromatic rings. The third kappa shape index (κ3) is 3.96. The van der Waals surface area contributed by atoms with Crippen molar-refractivity contribution >= 4 is 12.0 Å². The average molecular weight is 294 g/mol. The van der Waals surface area contributed by atoms with Gasteiger partial charge in [-0.25, -0.2) is 9.78 Å². The summed E-state index contributed by atoms with van der Waals surface area (Å²) in [7, 11) is 0. The van der Waals surface area contributed by atoms with E-state index in [9.17, 15) is 14.7 Å². The number of hydrogen-bond acceptors (Lipinski definition) is 3. The van der Waals surface area contributed by atoms with Gasteiger partial charge in [0.05, 0.1) is 5.41 Å². The number of aromatic amines is 1. The molecule has 21 heavy (non-hydrogen) atoms. The first-order valence-electron chi connectivity index (χ1n) is 7.26. The number of H-pyrrole nitrogens is 1. The molecule has 1 atom stereocenters. The molecule has 7 nitrogen and oxygen atoms in total. The van der Waals surface area contributed by atoms with Crippen molar-refractivity contribution in [2.24, 2.45) is 5.41 Å². The van der Waals surface area contributed by atoms with Crippen molar-refractivity contribution in [1.29, 1.82) is 0 Å². The van der Waals surface area contributed by atoms with Crippen LogP contribution in [0.5, 0.6) is 0 Å². The van der Waals surface area contributed by atoms with Gasteiger partial charge in [-0.05, 0) is 26.2 Å². The van der Waals surface area contributed by atoms with E-state index in [4.69, 9.17) is 0 Å². The summed E-state index contributed by atoms with van der Waals surface area (Å²) in [5.74, 6) is 0.0680. The zero-order valence-corrected chi connectivity index (χ0v) is 12.3. The summed E-state index contributed by atoms with van der Waals surface area (Å²) in [5.41, 5.74) is -0.830. The first kappa shape index (κ1) is 15.3. The first-order chi connectivity index (χ1) is 10.0. The number of amides is 2. The van der Waals surface area contributed by atoms with Crippen molar-refractivity contribution in [2.45, 2.75) is 32.6 Å². The lowest BCUT2D eigenvalue weighted by molar-refractivity contribution is -0.150. The molecule has 0 saturated carbocycles. The Morgan fingerprint density at radius 2 is 2.38 bits per heavy atom. The number of likely N-dealkylation sites (tertiary alicyclic amines) is 1. The van der Waals surface area contributed by atoms with Crippen LogP contribution in [0.2, 0.25) is 0 Å². The zero-order chi connectivity index (χ0) is 15.3. The number of aromatic nitrogens is 2. The molecule has 1 saturated heterocycles. The summed E-state index contributed by atoms with van der Waals surface area (Å²) in [4.78, 5) is 32.1. The second-order valence-electron chi connectivity index (χ2n) is 5.76. The SMILES string of the molecule is CC1(C(=O)O)CCCN(C(=O)NCCCc2ncc[nH]2)C1. The second-order valence-corrected chi connectivity index (χ2v) is 5.76. The minimum absolute atomic E-state index is 0.179. The standard InChI is InChI=1S/C14H22N4O3/c1-14(12(19)20)5-3-9-18(10-14)13(21)17-6-2-4-11-15-7-8-16-11/h7-8H,2-6,9-10H2,1H3,(H,15,16)(H,17,21)(H,19,20). The molecule has 0 radical (unpaired) electrons. The zero-order valence-electron chi connectivity index (χ0n) is 12.3. The van der Waals surface area contributed by atoms with Gasteiger partial charge in [0.1, 0.15) is 5.82 Å². The Kier molecular flexibility index (Phi) is 4.82. The van der Waals surface area contributed by atoms with E-state index < -0.39 is 11.4 Å². The summed E-state index contributed by atoms with van der Waals surface area (Å²) in [6.07, 6.45) is 6.39. The third-order valence-corrected chi connectivity index (χ3v) is 3.92. The maximum absolute atomic E-state index is 12.1. The highest BCUT2D eigenvalue weighted by atomic mass is 16.4.